The van der Waals surface area contributed by atoms with Crippen LogP contribution in [0.25, 0.3) is 0 Å². The van der Waals surface area contributed by atoms with Gasteiger partial charge in [-0.15, -0.1) is 0 Å². The average Bonchev–Trinajstić information content (AvgIpc) is 3.07. The van der Waals surface area contributed by atoms with Crippen molar-refractivity contribution in [2.45, 2.75) is 65.2 Å². The second-order valence-electron chi connectivity index (χ2n) is 6.71. The Balaban J connectivity index is 1.87. The predicted molar refractivity (Wildman–Crippen MR) is 81.4 cm³/mol. The van der Waals surface area contributed by atoms with Crippen LogP contribution < -0.4 is 5.32 Å². The first-order chi connectivity index (χ1) is 9.39. The number of carbonyl (C=O) groups is 1. The van der Waals surface area contributed by atoms with Crippen molar-refractivity contribution in [2.24, 2.45) is 0 Å². The number of aromatic nitrogens is 1. The summed E-state index contributed by atoms with van der Waals surface area (Å²) in [7, 11) is 0. The third-order valence-electron chi connectivity index (χ3n) is 3.60. The molecule has 0 aliphatic heterocycles. The predicted octanol–water partition coefficient (Wildman–Crippen LogP) is 2.39. The van der Waals surface area contributed by atoms with Crippen molar-refractivity contribution in [3.05, 3.63) is 24.0 Å². The number of nitrogens with one attached hydrogen (secondary N) is 1. The molecule has 0 spiro atoms. The van der Waals surface area contributed by atoms with E-state index < -0.39 is 0 Å². The highest BCUT2D eigenvalue weighted by molar-refractivity contribution is 5.76. The van der Waals surface area contributed by atoms with Gasteiger partial charge in [0.05, 0.1) is 0 Å². The number of hydrogen-bond donors (Lipinski definition) is 1. The second-order valence-corrected chi connectivity index (χ2v) is 6.71. The zero-order valence-corrected chi connectivity index (χ0v) is 13.1. The zero-order chi connectivity index (χ0) is 14.8. The minimum Gasteiger partial charge on any atom is -0.345 e. The molecule has 2 rings (SSSR count). The molecule has 4 nitrogen and oxygen atoms in total. The summed E-state index contributed by atoms with van der Waals surface area (Å²) in [5.41, 5.74) is 1.34. The van der Waals surface area contributed by atoms with Crippen LogP contribution >= 0.6 is 0 Å². The molecule has 1 aliphatic rings. The smallest absolute Gasteiger partial charge is 0.242 e. The molecule has 1 fully saturated rings. The molecule has 20 heavy (non-hydrogen) atoms. The Hall–Kier alpha value is -1.29. The molecular formula is C16H27N3O. The molecule has 1 saturated carbocycles. The first-order valence-corrected chi connectivity index (χ1v) is 7.58. The van der Waals surface area contributed by atoms with E-state index in [-0.39, 0.29) is 11.4 Å². The van der Waals surface area contributed by atoms with Gasteiger partial charge in [-0.25, -0.2) is 0 Å². The lowest BCUT2D eigenvalue weighted by molar-refractivity contribution is -0.132. The highest BCUT2D eigenvalue weighted by atomic mass is 16.2. The van der Waals surface area contributed by atoms with Crippen LogP contribution in [0.3, 0.4) is 0 Å². The molecule has 0 unspecified atom stereocenters. The van der Waals surface area contributed by atoms with Crippen molar-refractivity contribution in [1.29, 1.82) is 0 Å². The largest absolute Gasteiger partial charge is 0.345 e. The maximum atomic E-state index is 12.2. The van der Waals surface area contributed by atoms with E-state index in [0.29, 0.717) is 12.6 Å². The van der Waals surface area contributed by atoms with E-state index in [4.69, 9.17) is 0 Å². The lowest BCUT2D eigenvalue weighted by Crippen LogP contribution is -2.35. The minimum absolute atomic E-state index is 0.114. The lowest BCUT2D eigenvalue weighted by atomic mass is 10.1. The number of rotatable bonds is 6. The molecule has 1 aromatic heterocycles. The van der Waals surface area contributed by atoms with Crippen LogP contribution in [-0.4, -0.2) is 33.5 Å². The highest BCUT2D eigenvalue weighted by Gasteiger charge is 2.31. The minimum atomic E-state index is 0.114. The number of carbonyl (C=O) groups excluding carboxylic acids is 1. The summed E-state index contributed by atoms with van der Waals surface area (Å²) < 4.78 is 1.99. The number of amides is 1. The summed E-state index contributed by atoms with van der Waals surface area (Å²) in [5.74, 6) is 0.237. The molecule has 0 atom stereocenters. The quantitative estimate of drug-likeness (QED) is 0.867. The monoisotopic (exact) mass is 277 g/mol. The fraction of sp³-hybridized carbons (Fsp3) is 0.688. The van der Waals surface area contributed by atoms with E-state index in [1.54, 1.807) is 0 Å². The van der Waals surface area contributed by atoms with Crippen molar-refractivity contribution in [2.75, 3.05) is 6.54 Å². The van der Waals surface area contributed by atoms with Crippen LogP contribution in [-0.2, 0) is 17.9 Å². The van der Waals surface area contributed by atoms with Crippen molar-refractivity contribution in [3.8, 4) is 0 Å². The molecule has 0 aromatic carbocycles. The third kappa shape index (κ3) is 4.37. The molecule has 0 saturated heterocycles. The summed E-state index contributed by atoms with van der Waals surface area (Å²) in [6.07, 6.45) is 6.41. The number of likely N-dealkylation sites (N-methyl/N-ethyl adjacent to an activating group) is 1. The molecule has 0 bridgehead atoms. The molecule has 0 radical (unpaired) electrons. The van der Waals surface area contributed by atoms with Gasteiger partial charge in [0.15, 0.2) is 0 Å². The van der Waals surface area contributed by atoms with E-state index in [9.17, 15) is 4.79 Å². The average molecular weight is 277 g/mol. The molecule has 1 amide bonds. The van der Waals surface area contributed by atoms with Gasteiger partial charge in [0.25, 0.3) is 0 Å². The van der Waals surface area contributed by atoms with Crippen molar-refractivity contribution in [3.63, 3.8) is 0 Å². The zero-order valence-electron chi connectivity index (χ0n) is 13.1. The van der Waals surface area contributed by atoms with Gasteiger partial charge in [-0.05, 0) is 52.2 Å². The van der Waals surface area contributed by atoms with Gasteiger partial charge >= 0.3 is 0 Å². The van der Waals surface area contributed by atoms with Crippen LogP contribution in [0, 0.1) is 0 Å². The first kappa shape index (κ1) is 15.1. The van der Waals surface area contributed by atoms with E-state index in [0.717, 1.165) is 13.1 Å². The van der Waals surface area contributed by atoms with Gasteiger partial charge < -0.3 is 14.8 Å². The summed E-state index contributed by atoms with van der Waals surface area (Å²) in [4.78, 5) is 14.2. The summed E-state index contributed by atoms with van der Waals surface area (Å²) in [6, 6.07) is 2.59. The van der Waals surface area contributed by atoms with Gasteiger partial charge in [0.1, 0.15) is 6.54 Å². The highest BCUT2D eigenvalue weighted by Crippen LogP contribution is 2.26. The third-order valence-corrected chi connectivity index (χ3v) is 3.60. The van der Waals surface area contributed by atoms with Gasteiger partial charge in [-0.1, -0.05) is 0 Å². The van der Waals surface area contributed by atoms with E-state index in [1.807, 2.05) is 15.7 Å². The van der Waals surface area contributed by atoms with Gasteiger partial charge in [-0.2, -0.15) is 0 Å². The van der Waals surface area contributed by atoms with Crippen LogP contribution in [0.4, 0.5) is 0 Å². The SMILES string of the molecule is CCN(C(=O)Cn1ccc(CNC(C)(C)C)c1)C1CC1. The summed E-state index contributed by atoms with van der Waals surface area (Å²) in [5, 5.41) is 3.46. The Kier molecular flexibility index (Phi) is 4.53. The molecule has 1 N–H and O–H groups in total. The molecular weight excluding hydrogens is 250 g/mol. The molecule has 112 valence electrons. The van der Waals surface area contributed by atoms with Gasteiger partial charge in [0.2, 0.25) is 5.91 Å². The maximum Gasteiger partial charge on any atom is 0.242 e. The molecule has 4 heteroatoms. The fourth-order valence-corrected chi connectivity index (χ4v) is 2.33. The Labute approximate surface area is 122 Å². The van der Waals surface area contributed by atoms with Gasteiger partial charge in [0, 0.05) is 37.1 Å². The lowest BCUT2D eigenvalue weighted by Gasteiger charge is -2.21. The Morgan fingerprint density at radius 2 is 2.15 bits per heavy atom. The van der Waals surface area contributed by atoms with E-state index in [2.05, 4.69) is 45.3 Å². The van der Waals surface area contributed by atoms with Gasteiger partial charge in [-0.3, -0.25) is 4.79 Å². The number of nitrogens with zero attached hydrogens (tertiary/aromatic N) is 2. The van der Waals surface area contributed by atoms with E-state index >= 15 is 0 Å². The molecule has 1 aromatic rings. The Morgan fingerprint density at radius 1 is 1.45 bits per heavy atom. The summed E-state index contributed by atoms with van der Waals surface area (Å²) >= 11 is 0. The molecule has 1 heterocycles. The van der Waals surface area contributed by atoms with Crippen LogP contribution in [0.5, 0.6) is 0 Å². The maximum absolute atomic E-state index is 12.2. The summed E-state index contributed by atoms with van der Waals surface area (Å²) in [6.45, 7) is 10.6. The molecule has 1 aliphatic carbocycles. The second kappa shape index (κ2) is 6.00. The normalized spacial score (nSPS) is 15.4. The topological polar surface area (TPSA) is 37.3 Å². The van der Waals surface area contributed by atoms with Crippen LogP contribution in [0.2, 0.25) is 0 Å². The van der Waals surface area contributed by atoms with Crippen molar-refractivity contribution in [1.82, 2.24) is 14.8 Å². The van der Waals surface area contributed by atoms with Crippen LogP contribution in [0.15, 0.2) is 18.5 Å². The Bertz CT molecular complexity index is 455. The van der Waals surface area contributed by atoms with Crippen molar-refractivity contribution < 1.29 is 4.79 Å². The van der Waals surface area contributed by atoms with Crippen LogP contribution in [0.1, 0.15) is 46.1 Å². The number of hydrogen-bond acceptors (Lipinski definition) is 2. The standard InChI is InChI=1S/C16H27N3O/c1-5-19(14-6-7-14)15(20)12-18-9-8-13(11-18)10-17-16(2,3)4/h8-9,11,14,17H,5-7,10,12H2,1-4H3. The Morgan fingerprint density at radius 3 is 2.70 bits per heavy atom. The fourth-order valence-electron chi connectivity index (χ4n) is 2.33. The van der Waals surface area contributed by atoms with Crippen molar-refractivity contribution >= 4 is 5.91 Å². The first-order valence-electron chi connectivity index (χ1n) is 7.58. The van der Waals surface area contributed by atoms with E-state index in [1.165, 1.54) is 18.4 Å².